The average Bonchev–Trinajstić information content (AvgIpc) is 2.31. The lowest BCUT2D eigenvalue weighted by atomic mass is 10.1. The number of ketones is 1. The second kappa shape index (κ2) is 6.95. The fourth-order valence-electron chi connectivity index (χ4n) is 1.36. The van der Waals surface area contributed by atoms with Crippen molar-refractivity contribution in [3.05, 3.63) is 33.3 Å². The van der Waals surface area contributed by atoms with Crippen molar-refractivity contribution in [3.63, 3.8) is 0 Å². The number of nitrogens with one attached hydrogen (secondary N) is 1. The summed E-state index contributed by atoms with van der Waals surface area (Å²) in [6, 6.07) is 3.16. The standard InChI is InChI=1S/C11H10Cl3NO3/c12-3-8(16)10-7(13)2-1-6(11(10)14)4-15-5-9(17)18/h1-2,15H,3-5H2,(H,17,18). The number of alkyl halides is 1. The van der Waals surface area contributed by atoms with Gasteiger partial charge in [0.1, 0.15) is 0 Å². The molecule has 4 nitrogen and oxygen atoms in total. The SMILES string of the molecule is O=C(O)CNCc1ccc(Cl)c(C(=O)CCl)c1Cl. The maximum absolute atomic E-state index is 11.6. The molecule has 0 radical (unpaired) electrons. The molecule has 0 aliphatic heterocycles. The molecule has 1 aromatic carbocycles. The largest absolute Gasteiger partial charge is 0.480 e. The summed E-state index contributed by atoms with van der Waals surface area (Å²) in [5, 5.41) is 11.6. The van der Waals surface area contributed by atoms with E-state index in [1.54, 1.807) is 6.07 Å². The number of Topliss-reactive ketones (excluding diaryl/α,β-unsaturated/α-hetero) is 1. The second-order valence-electron chi connectivity index (χ2n) is 3.45. The number of rotatable bonds is 6. The van der Waals surface area contributed by atoms with Crippen LogP contribution < -0.4 is 5.32 Å². The molecule has 0 fully saturated rings. The van der Waals surface area contributed by atoms with Gasteiger partial charge in [-0.15, -0.1) is 11.6 Å². The van der Waals surface area contributed by atoms with Crippen molar-refractivity contribution >= 4 is 46.6 Å². The van der Waals surface area contributed by atoms with Crippen molar-refractivity contribution in [2.45, 2.75) is 6.54 Å². The van der Waals surface area contributed by atoms with Gasteiger partial charge in [0.2, 0.25) is 0 Å². The molecular weight excluding hydrogens is 300 g/mol. The van der Waals surface area contributed by atoms with Gasteiger partial charge in [-0.1, -0.05) is 29.3 Å². The monoisotopic (exact) mass is 309 g/mol. The number of halogens is 3. The van der Waals surface area contributed by atoms with Crippen LogP contribution in [0.5, 0.6) is 0 Å². The summed E-state index contributed by atoms with van der Waals surface area (Å²) in [6.07, 6.45) is 0. The normalized spacial score (nSPS) is 10.4. The van der Waals surface area contributed by atoms with Crippen LogP contribution in [0.4, 0.5) is 0 Å². The first-order valence-electron chi connectivity index (χ1n) is 4.96. The second-order valence-corrected chi connectivity index (χ2v) is 4.50. The molecule has 98 valence electrons. The van der Waals surface area contributed by atoms with E-state index < -0.39 is 5.97 Å². The summed E-state index contributed by atoms with van der Waals surface area (Å²) >= 11 is 17.4. The highest BCUT2D eigenvalue weighted by Crippen LogP contribution is 2.28. The van der Waals surface area contributed by atoms with Gasteiger partial charge in [0.05, 0.1) is 28.0 Å². The predicted molar refractivity (Wildman–Crippen MR) is 70.9 cm³/mol. The van der Waals surface area contributed by atoms with E-state index in [1.807, 2.05) is 0 Å². The van der Waals surface area contributed by atoms with Gasteiger partial charge in [-0.3, -0.25) is 9.59 Å². The van der Waals surface area contributed by atoms with Crippen molar-refractivity contribution in [2.24, 2.45) is 0 Å². The minimum atomic E-state index is -0.975. The van der Waals surface area contributed by atoms with Crippen LogP contribution in [0.25, 0.3) is 0 Å². The predicted octanol–water partition coefficient (Wildman–Crippen LogP) is 2.59. The molecule has 0 atom stereocenters. The summed E-state index contributed by atoms with van der Waals surface area (Å²) in [6.45, 7) is 0.0304. The molecule has 1 aromatic rings. The van der Waals surface area contributed by atoms with E-state index in [0.717, 1.165) is 0 Å². The first kappa shape index (κ1) is 15.2. The number of carboxylic acid groups (broad SMARTS) is 1. The number of carbonyl (C=O) groups excluding carboxylic acids is 1. The molecule has 0 spiro atoms. The number of benzene rings is 1. The zero-order valence-electron chi connectivity index (χ0n) is 9.17. The van der Waals surface area contributed by atoms with E-state index in [1.165, 1.54) is 6.07 Å². The Hall–Kier alpha value is -0.810. The highest BCUT2D eigenvalue weighted by Gasteiger charge is 2.16. The lowest BCUT2D eigenvalue weighted by Crippen LogP contribution is -2.22. The average molecular weight is 311 g/mol. The quantitative estimate of drug-likeness (QED) is 0.626. The van der Waals surface area contributed by atoms with Crippen LogP contribution in [0.3, 0.4) is 0 Å². The molecule has 0 heterocycles. The van der Waals surface area contributed by atoms with E-state index in [2.05, 4.69) is 5.32 Å². The van der Waals surface area contributed by atoms with Crippen molar-refractivity contribution in [3.8, 4) is 0 Å². The van der Waals surface area contributed by atoms with Crippen molar-refractivity contribution in [1.29, 1.82) is 0 Å². The summed E-state index contributed by atoms with van der Waals surface area (Å²) in [4.78, 5) is 21.9. The number of aliphatic carboxylic acids is 1. The van der Waals surface area contributed by atoms with Crippen molar-refractivity contribution in [1.82, 2.24) is 5.32 Å². The molecule has 2 N–H and O–H groups in total. The molecule has 0 saturated heterocycles. The molecule has 0 aromatic heterocycles. The zero-order valence-corrected chi connectivity index (χ0v) is 11.4. The first-order chi connectivity index (χ1) is 8.47. The van der Waals surface area contributed by atoms with Gasteiger partial charge in [-0.05, 0) is 11.6 Å². The Labute approximate surface area is 119 Å². The Balaban J connectivity index is 2.94. The van der Waals surface area contributed by atoms with Gasteiger partial charge in [-0.2, -0.15) is 0 Å². The van der Waals surface area contributed by atoms with E-state index in [-0.39, 0.29) is 40.4 Å². The maximum atomic E-state index is 11.6. The third-order valence-corrected chi connectivity index (χ3v) is 3.15. The maximum Gasteiger partial charge on any atom is 0.317 e. The van der Waals surface area contributed by atoms with Crippen LogP contribution in [0.1, 0.15) is 15.9 Å². The summed E-state index contributed by atoms with van der Waals surface area (Å²) in [5.74, 6) is -1.56. The molecule has 0 saturated carbocycles. The molecule has 1 rings (SSSR count). The Morgan fingerprint density at radius 2 is 1.94 bits per heavy atom. The molecule has 0 bridgehead atoms. The van der Waals surface area contributed by atoms with Crippen molar-refractivity contribution in [2.75, 3.05) is 12.4 Å². The topological polar surface area (TPSA) is 66.4 Å². The van der Waals surface area contributed by atoms with Gasteiger partial charge < -0.3 is 10.4 Å². The smallest absolute Gasteiger partial charge is 0.317 e. The fourth-order valence-corrected chi connectivity index (χ4v) is 2.14. The van der Waals surface area contributed by atoms with Crippen LogP contribution in [-0.4, -0.2) is 29.3 Å². The van der Waals surface area contributed by atoms with Crippen LogP contribution in [0, 0.1) is 0 Å². The minimum absolute atomic E-state index is 0.169. The molecular formula is C11H10Cl3NO3. The molecule has 0 unspecified atom stereocenters. The number of hydrogen-bond acceptors (Lipinski definition) is 3. The van der Waals surface area contributed by atoms with Crippen LogP contribution in [0.15, 0.2) is 12.1 Å². The van der Waals surface area contributed by atoms with Crippen LogP contribution in [-0.2, 0) is 11.3 Å². The molecule has 0 aliphatic rings. The minimum Gasteiger partial charge on any atom is -0.480 e. The van der Waals surface area contributed by atoms with Crippen LogP contribution in [0.2, 0.25) is 10.0 Å². The molecule has 0 amide bonds. The third kappa shape index (κ3) is 3.85. The fraction of sp³-hybridized carbons (Fsp3) is 0.273. The van der Waals surface area contributed by atoms with E-state index >= 15 is 0 Å². The molecule has 0 aliphatic carbocycles. The Kier molecular flexibility index (Phi) is 5.88. The van der Waals surface area contributed by atoms with Gasteiger partial charge in [0.15, 0.2) is 5.78 Å². The Morgan fingerprint density at radius 3 is 2.50 bits per heavy atom. The number of carboxylic acids is 1. The Bertz CT molecular complexity index is 477. The number of carbonyl (C=O) groups is 2. The zero-order chi connectivity index (χ0) is 13.7. The van der Waals surface area contributed by atoms with Gasteiger partial charge in [0, 0.05) is 6.54 Å². The van der Waals surface area contributed by atoms with E-state index in [9.17, 15) is 9.59 Å². The Morgan fingerprint density at radius 1 is 1.28 bits per heavy atom. The summed E-state index contributed by atoms with van der Waals surface area (Å²) in [7, 11) is 0. The van der Waals surface area contributed by atoms with Gasteiger partial charge in [0.25, 0.3) is 0 Å². The highest BCUT2D eigenvalue weighted by molar-refractivity contribution is 6.42. The first-order valence-corrected chi connectivity index (χ1v) is 6.25. The summed E-state index contributed by atoms with van der Waals surface area (Å²) in [5.41, 5.74) is 0.763. The lowest BCUT2D eigenvalue weighted by Gasteiger charge is -2.10. The molecule has 7 heteroatoms. The van der Waals surface area contributed by atoms with E-state index in [0.29, 0.717) is 5.56 Å². The highest BCUT2D eigenvalue weighted by atomic mass is 35.5. The molecule has 18 heavy (non-hydrogen) atoms. The van der Waals surface area contributed by atoms with Gasteiger partial charge in [-0.25, -0.2) is 0 Å². The third-order valence-electron chi connectivity index (χ3n) is 2.16. The van der Waals surface area contributed by atoms with Crippen LogP contribution >= 0.6 is 34.8 Å². The lowest BCUT2D eigenvalue weighted by molar-refractivity contribution is -0.136. The van der Waals surface area contributed by atoms with Crippen molar-refractivity contribution < 1.29 is 14.7 Å². The summed E-state index contributed by atoms with van der Waals surface area (Å²) < 4.78 is 0. The van der Waals surface area contributed by atoms with E-state index in [4.69, 9.17) is 39.9 Å². The number of hydrogen-bond donors (Lipinski definition) is 2. The van der Waals surface area contributed by atoms with Gasteiger partial charge >= 0.3 is 5.97 Å².